The van der Waals surface area contributed by atoms with Crippen LogP contribution in [-0.2, 0) is 4.79 Å². The van der Waals surface area contributed by atoms with Crippen LogP contribution in [-0.4, -0.2) is 54.6 Å². The van der Waals surface area contributed by atoms with Crippen molar-refractivity contribution in [1.82, 2.24) is 24.5 Å². The maximum absolute atomic E-state index is 12.2. The van der Waals surface area contributed by atoms with E-state index in [1.165, 1.54) is 9.42 Å². The van der Waals surface area contributed by atoms with Crippen LogP contribution < -0.4 is 0 Å². The molecule has 0 bridgehead atoms. The Morgan fingerprint density at radius 3 is 2.65 bits per heavy atom. The van der Waals surface area contributed by atoms with Gasteiger partial charge in [-0.05, 0) is 26.8 Å². The average molecular weight is 277 g/mol. The second-order valence-electron chi connectivity index (χ2n) is 4.40. The molecule has 1 amide bonds. The monoisotopic (exact) mass is 277 g/mol. The maximum Gasteiger partial charge on any atom is 0.323 e. The van der Waals surface area contributed by atoms with Gasteiger partial charge in [-0.25, -0.2) is 9.50 Å². The summed E-state index contributed by atoms with van der Waals surface area (Å²) in [4.78, 5) is 32.3. The Morgan fingerprint density at radius 2 is 2.05 bits per heavy atom. The molecule has 0 aromatic carbocycles. The molecule has 0 radical (unpaired) electrons. The van der Waals surface area contributed by atoms with Crippen molar-refractivity contribution in [3.63, 3.8) is 0 Å². The molecule has 2 aromatic rings. The number of carbonyl (C=O) groups excluding carboxylic acids is 1. The number of carboxylic acid groups (broad SMARTS) is 1. The zero-order chi connectivity index (χ0) is 14.9. The molecule has 0 aliphatic heterocycles. The van der Waals surface area contributed by atoms with Crippen LogP contribution in [0.3, 0.4) is 0 Å². The van der Waals surface area contributed by atoms with E-state index in [1.54, 1.807) is 6.92 Å². The van der Waals surface area contributed by atoms with Gasteiger partial charge in [0, 0.05) is 17.9 Å². The molecular weight excluding hydrogens is 262 g/mol. The van der Waals surface area contributed by atoms with Crippen LogP contribution in [0.25, 0.3) is 5.78 Å². The van der Waals surface area contributed by atoms with Gasteiger partial charge in [-0.15, -0.1) is 5.10 Å². The average Bonchev–Trinajstić information content (AvgIpc) is 2.78. The largest absolute Gasteiger partial charge is 0.480 e. The first-order valence-corrected chi connectivity index (χ1v) is 6.14. The zero-order valence-electron chi connectivity index (χ0n) is 11.5. The van der Waals surface area contributed by atoms with E-state index in [1.807, 2.05) is 19.9 Å². The van der Waals surface area contributed by atoms with E-state index in [9.17, 15) is 9.59 Å². The highest BCUT2D eigenvalue weighted by molar-refractivity contribution is 5.92. The predicted octanol–water partition coefficient (Wildman–Crippen LogP) is 0.288. The summed E-state index contributed by atoms with van der Waals surface area (Å²) >= 11 is 0. The van der Waals surface area contributed by atoms with E-state index in [-0.39, 0.29) is 18.9 Å². The first-order valence-electron chi connectivity index (χ1n) is 6.14. The molecule has 20 heavy (non-hydrogen) atoms. The number of nitrogens with zero attached hydrogens (tertiary/aromatic N) is 5. The lowest BCUT2D eigenvalue weighted by atomic mass is 10.4. The second kappa shape index (κ2) is 5.24. The SMILES string of the molecule is CCN(CC(=O)O)C(=O)c1nc2nc(C)cc(C)n2n1. The second-order valence-corrected chi connectivity index (χ2v) is 4.40. The van der Waals surface area contributed by atoms with Crippen LogP contribution in [0.2, 0.25) is 0 Å². The summed E-state index contributed by atoms with van der Waals surface area (Å²) in [6.45, 7) is 5.25. The fourth-order valence-corrected chi connectivity index (χ4v) is 1.89. The molecule has 1 N–H and O–H groups in total. The van der Waals surface area contributed by atoms with Crippen LogP contribution in [0.5, 0.6) is 0 Å². The highest BCUT2D eigenvalue weighted by Gasteiger charge is 2.22. The van der Waals surface area contributed by atoms with Gasteiger partial charge in [0.25, 0.3) is 11.7 Å². The molecular formula is C12H15N5O3. The van der Waals surface area contributed by atoms with Gasteiger partial charge < -0.3 is 10.0 Å². The molecule has 0 fully saturated rings. The summed E-state index contributed by atoms with van der Waals surface area (Å²) < 4.78 is 1.47. The van der Waals surface area contributed by atoms with Gasteiger partial charge >= 0.3 is 5.97 Å². The third-order valence-electron chi connectivity index (χ3n) is 2.80. The maximum atomic E-state index is 12.2. The van der Waals surface area contributed by atoms with E-state index >= 15 is 0 Å². The topological polar surface area (TPSA) is 101 Å². The van der Waals surface area contributed by atoms with Crippen molar-refractivity contribution in [3.8, 4) is 0 Å². The third-order valence-corrected chi connectivity index (χ3v) is 2.80. The minimum absolute atomic E-state index is 0.0469. The number of amides is 1. The molecule has 0 unspecified atom stereocenters. The zero-order valence-corrected chi connectivity index (χ0v) is 11.5. The summed E-state index contributed by atoms with van der Waals surface area (Å²) in [6, 6.07) is 1.82. The molecule has 0 spiro atoms. The fourth-order valence-electron chi connectivity index (χ4n) is 1.89. The van der Waals surface area contributed by atoms with Gasteiger partial charge in [0.1, 0.15) is 6.54 Å². The number of aryl methyl sites for hydroxylation is 2. The van der Waals surface area contributed by atoms with Crippen LogP contribution in [0.1, 0.15) is 28.9 Å². The lowest BCUT2D eigenvalue weighted by Gasteiger charge is -2.15. The lowest BCUT2D eigenvalue weighted by Crippen LogP contribution is -2.36. The quantitative estimate of drug-likeness (QED) is 0.862. The number of fused-ring (bicyclic) bond motifs is 1. The molecule has 106 valence electrons. The van der Waals surface area contributed by atoms with Crippen molar-refractivity contribution in [3.05, 3.63) is 23.3 Å². The normalized spacial score (nSPS) is 10.8. The minimum atomic E-state index is -1.07. The number of likely N-dealkylation sites (N-methyl/N-ethyl adjacent to an activating group) is 1. The Kier molecular flexibility index (Phi) is 3.64. The summed E-state index contributed by atoms with van der Waals surface area (Å²) in [5.41, 5.74) is 1.58. The standard InChI is InChI=1S/C12H15N5O3/c1-4-16(6-9(18)19)11(20)10-14-12-13-7(2)5-8(3)17(12)15-10/h5H,4,6H2,1-3H3,(H,18,19). The van der Waals surface area contributed by atoms with Crippen molar-refractivity contribution in [2.75, 3.05) is 13.1 Å². The van der Waals surface area contributed by atoms with Gasteiger partial charge in [-0.3, -0.25) is 9.59 Å². The fraction of sp³-hybridized carbons (Fsp3) is 0.417. The molecule has 0 saturated heterocycles. The van der Waals surface area contributed by atoms with Crippen molar-refractivity contribution in [2.24, 2.45) is 0 Å². The van der Waals surface area contributed by atoms with E-state index < -0.39 is 11.9 Å². The van der Waals surface area contributed by atoms with Crippen molar-refractivity contribution >= 4 is 17.7 Å². The van der Waals surface area contributed by atoms with E-state index in [0.717, 1.165) is 11.4 Å². The number of rotatable bonds is 4. The number of aromatic nitrogens is 4. The van der Waals surface area contributed by atoms with Gasteiger partial charge in [0.15, 0.2) is 0 Å². The number of carbonyl (C=O) groups is 2. The van der Waals surface area contributed by atoms with Crippen LogP contribution >= 0.6 is 0 Å². The molecule has 0 atom stereocenters. The van der Waals surface area contributed by atoms with E-state index in [4.69, 9.17) is 5.11 Å². The molecule has 0 saturated carbocycles. The smallest absolute Gasteiger partial charge is 0.323 e. The molecule has 0 aliphatic carbocycles. The Hall–Kier alpha value is -2.51. The number of hydrogen-bond acceptors (Lipinski definition) is 5. The highest BCUT2D eigenvalue weighted by Crippen LogP contribution is 2.07. The first-order chi connectivity index (χ1) is 9.42. The predicted molar refractivity (Wildman–Crippen MR) is 69.5 cm³/mol. The van der Waals surface area contributed by atoms with Gasteiger partial charge in [0.05, 0.1) is 0 Å². The van der Waals surface area contributed by atoms with Gasteiger partial charge in [-0.1, -0.05) is 0 Å². The molecule has 2 heterocycles. The summed E-state index contributed by atoms with van der Waals surface area (Å²) in [5.74, 6) is -1.31. The number of carboxylic acids is 1. The van der Waals surface area contributed by atoms with Crippen LogP contribution in [0.4, 0.5) is 0 Å². The van der Waals surface area contributed by atoms with Crippen molar-refractivity contribution < 1.29 is 14.7 Å². The Balaban J connectivity index is 2.39. The molecule has 2 rings (SSSR count). The molecule has 8 heteroatoms. The summed E-state index contributed by atoms with van der Waals surface area (Å²) in [7, 11) is 0. The Morgan fingerprint density at radius 1 is 1.35 bits per heavy atom. The van der Waals surface area contributed by atoms with Crippen molar-refractivity contribution in [1.29, 1.82) is 0 Å². The van der Waals surface area contributed by atoms with Crippen LogP contribution in [0.15, 0.2) is 6.07 Å². The molecule has 8 nitrogen and oxygen atoms in total. The highest BCUT2D eigenvalue weighted by atomic mass is 16.4. The Bertz CT molecular complexity index is 679. The summed E-state index contributed by atoms with van der Waals surface area (Å²) in [6.07, 6.45) is 0. The van der Waals surface area contributed by atoms with Crippen LogP contribution in [0, 0.1) is 13.8 Å². The lowest BCUT2D eigenvalue weighted by molar-refractivity contribution is -0.137. The third kappa shape index (κ3) is 2.58. The van der Waals surface area contributed by atoms with Gasteiger partial charge in [-0.2, -0.15) is 4.98 Å². The number of aliphatic carboxylic acids is 1. The van der Waals surface area contributed by atoms with E-state index in [2.05, 4.69) is 15.1 Å². The minimum Gasteiger partial charge on any atom is -0.480 e. The van der Waals surface area contributed by atoms with E-state index in [0.29, 0.717) is 5.78 Å². The first kappa shape index (κ1) is 13.9. The molecule has 2 aromatic heterocycles. The number of hydrogen-bond donors (Lipinski definition) is 1. The molecule has 0 aliphatic rings. The Labute approximate surface area is 115 Å². The van der Waals surface area contributed by atoms with Crippen molar-refractivity contribution in [2.45, 2.75) is 20.8 Å². The van der Waals surface area contributed by atoms with Gasteiger partial charge in [0.2, 0.25) is 5.82 Å². The summed E-state index contributed by atoms with van der Waals surface area (Å²) in [5, 5.41) is 12.9.